The molecule has 0 amide bonds. The number of allylic oxidation sites excluding steroid dienone is 2. The third-order valence-electron chi connectivity index (χ3n) is 3.41. The van der Waals surface area contributed by atoms with Gasteiger partial charge in [-0.25, -0.2) is 4.79 Å². The third-order valence-corrected chi connectivity index (χ3v) is 3.41. The molecule has 1 aliphatic carbocycles. The van der Waals surface area contributed by atoms with Gasteiger partial charge in [0, 0.05) is 11.6 Å². The minimum Gasteiger partial charge on any atom is -0.493 e. The summed E-state index contributed by atoms with van der Waals surface area (Å²) < 4.78 is 16.2. The average molecular weight is 290 g/mol. The number of hydrogen-bond donors (Lipinski definition) is 1. The van der Waals surface area contributed by atoms with Crippen molar-refractivity contribution >= 4 is 12.0 Å². The lowest BCUT2D eigenvalue weighted by atomic mass is 9.90. The number of benzene rings is 1. The maximum atomic E-state index is 10.6. The van der Waals surface area contributed by atoms with Crippen molar-refractivity contribution in [2.75, 3.05) is 21.3 Å². The second-order valence-electron chi connectivity index (χ2n) is 4.60. The predicted molar refractivity (Wildman–Crippen MR) is 79.2 cm³/mol. The number of fused-ring (bicyclic) bond motifs is 1. The summed E-state index contributed by atoms with van der Waals surface area (Å²) in [5.74, 6) is 0.889. The van der Waals surface area contributed by atoms with E-state index in [4.69, 9.17) is 19.3 Å². The fourth-order valence-corrected chi connectivity index (χ4v) is 2.47. The van der Waals surface area contributed by atoms with Gasteiger partial charge in [0.25, 0.3) is 0 Å². The molecule has 2 rings (SSSR count). The van der Waals surface area contributed by atoms with Crippen molar-refractivity contribution in [1.82, 2.24) is 0 Å². The Morgan fingerprint density at radius 2 is 1.86 bits per heavy atom. The maximum Gasteiger partial charge on any atom is 0.328 e. The van der Waals surface area contributed by atoms with Crippen molar-refractivity contribution in [3.05, 3.63) is 34.9 Å². The summed E-state index contributed by atoms with van der Waals surface area (Å²) in [6, 6.07) is 1.88. The molecule has 0 heterocycles. The highest BCUT2D eigenvalue weighted by atomic mass is 16.5. The molecule has 5 heteroatoms. The molecule has 0 aromatic heterocycles. The zero-order chi connectivity index (χ0) is 15.4. The molecule has 1 aliphatic rings. The van der Waals surface area contributed by atoms with Gasteiger partial charge in [-0.3, -0.25) is 0 Å². The number of carboxylic acids is 1. The first-order valence-corrected chi connectivity index (χ1v) is 6.54. The van der Waals surface area contributed by atoms with E-state index in [1.54, 1.807) is 27.4 Å². The van der Waals surface area contributed by atoms with E-state index in [2.05, 4.69) is 0 Å². The largest absolute Gasteiger partial charge is 0.493 e. The Hall–Kier alpha value is -2.43. The van der Waals surface area contributed by atoms with Crippen molar-refractivity contribution in [2.24, 2.45) is 0 Å². The Morgan fingerprint density at radius 3 is 2.43 bits per heavy atom. The van der Waals surface area contributed by atoms with Crippen molar-refractivity contribution in [3.63, 3.8) is 0 Å². The van der Waals surface area contributed by atoms with E-state index in [-0.39, 0.29) is 0 Å². The van der Waals surface area contributed by atoms with Gasteiger partial charge in [0.1, 0.15) is 0 Å². The molecule has 0 aliphatic heterocycles. The first kappa shape index (κ1) is 15.0. The highest BCUT2D eigenvalue weighted by Gasteiger charge is 2.22. The van der Waals surface area contributed by atoms with E-state index in [0.717, 1.165) is 35.6 Å². The van der Waals surface area contributed by atoms with E-state index in [9.17, 15) is 4.79 Å². The first-order chi connectivity index (χ1) is 10.1. The van der Waals surface area contributed by atoms with E-state index < -0.39 is 5.97 Å². The number of carbonyl (C=O) groups is 1. The average Bonchev–Trinajstić information content (AvgIpc) is 2.50. The lowest BCUT2D eigenvalue weighted by Crippen LogP contribution is -2.05. The van der Waals surface area contributed by atoms with Crippen LogP contribution in [0.15, 0.2) is 23.8 Å². The number of hydrogen-bond acceptors (Lipinski definition) is 4. The summed E-state index contributed by atoms with van der Waals surface area (Å²) in [5.41, 5.74) is 2.96. The van der Waals surface area contributed by atoms with Crippen LogP contribution in [0.25, 0.3) is 6.08 Å². The van der Waals surface area contributed by atoms with E-state index in [1.165, 1.54) is 0 Å². The fourth-order valence-electron chi connectivity index (χ4n) is 2.47. The molecule has 5 nitrogen and oxygen atoms in total. The minimum atomic E-state index is -0.952. The second kappa shape index (κ2) is 6.35. The van der Waals surface area contributed by atoms with Crippen LogP contribution >= 0.6 is 0 Å². The van der Waals surface area contributed by atoms with Crippen LogP contribution in [-0.4, -0.2) is 32.4 Å². The molecule has 0 unspecified atom stereocenters. The molecule has 0 saturated heterocycles. The molecule has 0 radical (unpaired) electrons. The fraction of sp³-hybridized carbons (Fsp3) is 0.312. The number of rotatable bonds is 5. The summed E-state index contributed by atoms with van der Waals surface area (Å²) in [6.07, 6.45) is 6.23. The van der Waals surface area contributed by atoms with Crippen LogP contribution in [0.2, 0.25) is 0 Å². The van der Waals surface area contributed by atoms with Gasteiger partial charge in [0.05, 0.1) is 21.3 Å². The van der Waals surface area contributed by atoms with Crippen LogP contribution in [0, 0.1) is 0 Å². The molecule has 1 aromatic rings. The SMILES string of the molecule is COc1cc2c(c(OC)c1OC)CCC(C=CC(=O)O)=C2. The molecule has 0 spiro atoms. The minimum absolute atomic E-state index is 0.580. The molecular formula is C16H18O5. The number of methoxy groups -OCH3 is 3. The van der Waals surface area contributed by atoms with Crippen LogP contribution in [0.3, 0.4) is 0 Å². The van der Waals surface area contributed by atoms with E-state index in [0.29, 0.717) is 17.2 Å². The van der Waals surface area contributed by atoms with Crippen LogP contribution in [0.5, 0.6) is 17.2 Å². The summed E-state index contributed by atoms with van der Waals surface area (Å²) >= 11 is 0. The first-order valence-electron chi connectivity index (χ1n) is 6.54. The summed E-state index contributed by atoms with van der Waals surface area (Å²) in [4.78, 5) is 10.6. The van der Waals surface area contributed by atoms with Crippen LogP contribution in [0.1, 0.15) is 17.5 Å². The quantitative estimate of drug-likeness (QED) is 0.845. The van der Waals surface area contributed by atoms with Crippen molar-refractivity contribution in [1.29, 1.82) is 0 Å². The third kappa shape index (κ3) is 3.02. The zero-order valence-electron chi connectivity index (χ0n) is 12.3. The Kier molecular flexibility index (Phi) is 4.52. The van der Waals surface area contributed by atoms with Gasteiger partial charge in [-0.15, -0.1) is 0 Å². The summed E-state index contributed by atoms with van der Waals surface area (Å²) in [5, 5.41) is 8.70. The van der Waals surface area contributed by atoms with Crippen LogP contribution in [-0.2, 0) is 11.2 Å². The lowest BCUT2D eigenvalue weighted by molar-refractivity contribution is -0.131. The molecule has 0 bridgehead atoms. The van der Waals surface area contributed by atoms with Crippen LogP contribution < -0.4 is 14.2 Å². The molecule has 0 atom stereocenters. The monoisotopic (exact) mass is 290 g/mol. The van der Waals surface area contributed by atoms with Gasteiger partial charge < -0.3 is 19.3 Å². The molecule has 112 valence electrons. The van der Waals surface area contributed by atoms with Crippen molar-refractivity contribution in [2.45, 2.75) is 12.8 Å². The maximum absolute atomic E-state index is 10.6. The highest BCUT2D eigenvalue weighted by Crippen LogP contribution is 2.44. The Bertz CT molecular complexity index is 614. The zero-order valence-corrected chi connectivity index (χ0v) is 12.3. The van der Waals surface area contributed by atoms with Gasteiger partial charge in [-0.1, -0.05) is 12.2 Å². The normalized spacial score (nSPS) is 13.6. The molecule has 21 heavy (non-hydrogen) atoms. The molecular weight excluding hydrogens is 272 g/mol. The van der Waals surface area contributed by atoms with Crippen LogP contribution in [0.4, 0.5) is 0 Å². The number of aliphatic carboxylic acids is 1. The molecule has 0 saturated carbocycles. The summed E-state index contributed by atoms with van der Waals surface area (Å²) in [6.45, 7) is 0. The predicted octanol–water partition coefficient (Wildman–Crippen LogP) is 2.68. The molecule has 0 fully saturated rings. The second-order valence-corrected chi connectivity index (χ2v) is 4.60. The van der Waals surface area contributed by atoms with Gasteiger partial charge in [0.15, 0.2) is 11.5 Å². The Labute approximate surface area is 123 Å². The smallest absolute Gasteiger partial charge is 0.328 e. The Balaban J connectivity index is 2.51. The van der Waals surface area contributed by atoms with Gasteiger partial charge in [0.2, 0.25) is 5.75 Å². The number of ether oxygens (including phenoxy) is 3. The van der Waals surface area contributed by atoms with Gasteiger partial charge in [-0.05, 0) is 30.0 Å². The molecule has 1 N–H and O–H groups in total. The van der Waals surface area contributed by atoms with Gasteiger partial charge in [-0.2, -0.15) is 0 Å². The van der Waals surface area contributed by atoms with Gasteiger partial charge >= 0.3 is 5.97 Å². The van der Waals surface area contributed by atoms with Crippen molar-refractivity contribution < 1.29 is 24.1 Å². The van der Waals surface area contributed by atoms with E-state index in [1.807, 2.05) is 12.1 Å². The lowest BCUT2D eigenvalue weighted by Gasteiger charge is -2.21. The summed E-state index contributed by atoms with van der Waals surface area (Å²) in [7, 11) is 4.75. The highest BCUT2D eigenvalue weighted by molar-refractivity contribution is 5.81. The number of carboxylic acid groups (broad SMARTS) is 1. The Morgan fingerprint density at radius 1 is 1.14 bits per heavy atom. The van der Waals surface area contributed by atoms with Crippen molar-refractivity contribution in [3.8, 4) is 17.2 Å². The topological polar surface area (TPSA) is 65.0 Å². The standard InChI is InChI=1S/C16H18O5/c1-19-13-9-11-8-10(5-7-14(17)18)4-6-12(11)15(20-2)16(13)21-3/h5,7-9H,4,6H2,1-3H3,(H,17,18). The molecule has 1 aromatic carbocycles. The van der Waals surface area contributed by atoms with E-state index >= 15 is 0 Å².